The molecule has 3 heterocycles. The van der Waals surface area contributed by atoms with Gasteiger partial charge in [-0.25, -0.2) is 4.79 Å². The number of fused-ring (bicyclic) bond motifs is 2. The molecule has 5 nitrogen and oxygen atoms in total. The van der Waals surface area contributed by atoms with Gasteiger partial charge >= 0.3 is 5.69 Å². The Hall–Kier alpha value is -2.53. The lowest BCUT2D eigenvalue weighted by Crippen LogP contribution is -2.25. The molecule has 0 atom stereocenters. The average Bonchev–Trinajstić information content (AvgIpc) is 3.44. The van der Waals surface area contributed by atoms with Crippen molar-refractivity contribution >= 4 is 33.5 Å². The Morgan fingerprint density at radius 1 is 1.07 bits per heavy atom. The minimum Gasteiger partial charge on any atom is -0.343 e. The van der Waals surface area contributed by atoms with Gasteiger partial charge in [0.2, 0.25) is 0 Å². The summed E-state index contributed by atoms with van der Waals surface area (Å²) in [5.74, 6) is 0. The summed E-state index contributed by atoms with van der Waals surface area (Å²) in [6.45, 7) is 3.69. The number of hydrogen-bond donors (Lipinski definition) is 0. The third kappa shape index (κ3) is 3.27. The van der Waals surface area contributed by atoms with Gasteiger partial charge in [-0.2, -0.15) is 0 Å². The van der Waals surface area contributed by atoms with E-state index in [9.17, 15) is 4.79 Å². The Labute approximate surface area is 174 Å². The number of halogens is 1. The van der Waals surface area contributed by atoms with Crippen LogP contribution in [0.3, 0.4) is 0 Å². The summed E-state index contributed by atoms with van der Waals surface area (Å²) in [4.78, 5) is 17.6. The van der Waals surface area contributed by atoms with E-state index in [-0.39, 0.29) is 5.69 Å². The first-order valence-corrected chi connectivity index (χ1v) is 10.9. The topological polar surface area (TPSA) is 44.8 Å². The maximum Gasteiger partial charge on any atom is 0.329 e. The van der Waals surface area contributed by atoms with Crippen LogP contribution in [0.25, 0.3) is 21.9 Å². The van der Waals surface area contributed by atoms with Gasteiger partial charge in [-0.05, 0) is 43.5 Å². The average molecular weight is 409 g/mol. The first-order chi connectivity index (χ1) is 14.2. The van der Waals surface area contributed by atoms with E-state index < -0.39 is 0 Å². The van der Waals surface area contributed by atoms with Gasteiger partial charge in [0.15, 0.2) is 0 Å². The number of unbranched alkanes of at least 4 members (excludes halogenated alkanes) is 2. The van der Waals surface area contributed by atoms with Crippen molar-refractivity contribution < 1.29 is 0 Å². The fourth-order valence-corrected chi connectivity index (χ4v) is 4.49. The molecule has 150 valence electrons. The second-order valence-corrected chi connectivity index (χ2v) is 8.47. The molecule has 1 saturated carbocycles. The molecule has 0 unspecified atom stereocenters. The lowest BCUT2D eigenvalue weighted by Gasteiger charge is -2.11. The number of aromatic nitrogens is 4. The third-order valence-electron chi connectivity index (χ3n) is 5.93. The van der Waals surface area contributed by atoms with E-state index in [2.05, 4.69) is 28.6 Å². The maximum atomic E-state index is 13.3. The van der Waals surface area contributed by atoms with Gasteiger partial charge < -0.3 is 4.57 Å². The summed E-state index contributed by atoms with van der Waals surface area (Å²) in [6.07, 6.45) is 9.22. The Morgan fingerprint density at radius 3 is 2.72 bits per heavy atom. The van der Waals surface area contributed by atoms with E-state index in [0.29, 0.717) is 12.6 Å². The smallest absolute Gasteiger partial charge is 0.329 e. The van der Waals surface area contributed by atoms with E-state index in [1.165, 1.54) is 12.8 Å². The predicted molar refractivity (Wildman–Crippen MR) is 118 cm³/mol. The van der Waals surface area contributed by atoms with Gasteiger partial charge in [-0.15, -0.1) is 0 Å². The molecular formula is C23H25ClN4O. The van der Waals surface area contributed by atoms with Gasteiger partial charge in [0, 0.05) is 40.4 Å². The van der Waals surface area contributed by atoms with Crippen LogP contribution < -0.4 is 5.69 Å². The van der Waals surface area contributed by atoms with Gasteiger partial charge in [-0.3, -0.25) is 14.1 Å². The number of imidazole rings is 1. The Bertz CT molecular complexity index is 1250. The molecule has 0 amide bonds. The molecule has 1 aliphatic carbocycles. The second kappa shape index (κ2) is 7.38. The highest BCUT2D eigenvalue weighted by Gasteiger charge is 2.29. The monoisotopic (exact) mass is 408 g/mol. The summed E-state index contributed by atoms with van der Waals surface area (Å²) in [5.41, 5.74) is 4.25. The van der Waals surface area contributed by atoms with Crippen LogP contribution in [0.1, 0.15) is 50.8 Å². The zero-order valence-corrected chi connectivity index (χ0v) is 17.4. The van der Waals surface area contributed by atoms with Crippen LogP contribution in [0.2, 0.25) is 5.02 Å². The molecule has 1 fully saturated rings. The molecule has 1 aliphatic rings. The Balaban J connectivity index is 1.63. The molecular weight excluding hydrogens is 384 g/mol. The fraction of sp³-hybridized carbons (Fsp3) is 0.391. The van der Waals surface area contributed by atoms with E-state index in [4.69, 9.17) is 11.6 Å². The minimum absolute atomic E-state index is 0.0684. The summed E-state index contributed by atoms with van der Waals surface area (Å²) < 4.78 is 6.17. The first-order valence-electron chi connectivity index (χ1n) is 10.5. The molecule has 0 N–H and O–H groups in total. The third-order valence-corrected chi connectivity index (χ3v) is 6.17. The van der Waals surface area contributed by atoms with Crippen LogP contribution >= 0.6 is 11.6 Å². The molecule has 0 radical (unpaired) electrons. The normalized spacial score (nSPS) is 14.3. The van der Waals surface area contributed by atoms with Crippen molar-refractivity contribution in [2.24, 2.45) is 0 Å². The lowest BCUT2D eigenvalue weighted by atomic mass is 10.2. The van der Waals surface area contributed by atoms with Crippen molar-refractivity contribution in [2.45, 2.75) is 58.2 Å². The van der Waals surface area contributed by atoms with E-state index in [1.807, 2.05) is 33.5 Å². The largest absolute Gasteiger partial charge is 0.343 e. The predicted octanol–water partition coefficient (Wildman–Crippen LogP) is 5.38. The zero-order valence-electron chi connectivity index (χ0n) is 16.6. The van der Waals surface area contributed by atoms with Gasteiger partial charge in [0.25, 0.3) is 0 Å². The van der Waals surface area contributed by atoms with Crippen molar-refractivity contribution in [1.29, 1.82) is 0 Å². The van der Waals surface area contributed by atoms with Crippen LogP contribution in [0, 0.1) is 0 Å². The number of nitrogens with zero attached hydrogens (tertiary/aromatic N) is 4. The number of benzene rings is 1. The van der Waals surface area contributed by atoms with Gasteiger partial charge in [0.05, 0.1) is 23.8 Å². The Kier molecular flexibility index (Phi) is 4.70. The SMILES string of the molecule is CCCCCn1c(Cn2c(=O)n(C3CC3)c3ccncc32)cc2ccc(Cl)cc21. The second-order valence-electron chi connectivity index (χ2n) is 8.03. The molecule has 0 bridgehead atoms. The van der Waals surface area contributed by atoms with E-state index in [1.54, 1.807) is 6.20 Å². The van der Waals surface area contributed by atoms with Crippen molar-refractivity contribution in [3.8, 4) is 0 Å². The van der Waals surface area contributed by atoms with Crippen LogP contribution in [0.5, 0.6) is 0 Å². The number of hydrogen-bond acceptors (Lipinski definition) is 2. The molecule has 0 saturated heterocycles. The van der Waals surface area contributed by atoms with Crippen molar-refractivity contribution in [1.82, 2.24) is 18.7 Å². The standard InChI is InChI=1S/C23H25ClN4O/c1-2-3-4-11-26-19(12-16-5-6-17(24)13-21(16)26)15-27-22-14-25-10-9-20(22)28(23(27)29)18-7-8-18/h5-6,9-10,12-14,18H,2-4,7-8,11,15H2,1H3. The van der Waals surface area contributed by atoms with Crippen LogP contribution in [0.4, 0.5) is 0 Å². The molecule has 0 spiro atoms. The van der Waals surface area contributed by atoms with Crippen molar-refractivity contribution in [3.63, 3.8) is 0 Å². The molecule has 1 aromatic carbocycles. The van der Waals surface area contributed by atoms with Gasteiger partial charge in [0.1, 0.15) is 0 Å². The number of rotatable bonds is 7. The molecule has 6 heteroatoms. The van der Waals surface area contributed by atoms with Crippen LogP contribution in [-0.2, 0) is 13.1 Å². The highest BCUT2D eigenvalue weighted by atomic mass is 35.5. The molecule has 3 aromatic heterocycles. The molecule has 5 rings (SSSR count). The molecule has 4 aromatic rings. The van der Waals surface area contributed by atoms with Gasteiger partial charge in [-0.1, -0.05) is 37.4 Å². The number of pyridine rings is 1. The lowest BCUT2D eigenvalue weighted by molar-refractivity contribution is 0.582. The summed E-state index contributed by atoms with van der Waals surface area (Å²) in [5, 5.41) is 1.91. The Morgan fingerprint density at radius 2 is 1.93 bits per heavy atom. The quantitative estimate of drug-likeness (QED) is 0.385. The summed E-state index contributed by atoms with van der Waals surface area (Å²) in [7, 11) is 0. The first kappa shape index (κ1) is 18.5. The highest BCUT2D eigenvalue weighted by molar-refractivity contribution is 6.31. The fourth-order valence-electron chi connectivity index (χ4n) is 4.33. The minimum atomic E-state index is 0.0684. The summed E-state index contributed by atoms with van der Waals surface area (Å²) >= 11 is 6.29. The van der Waals surface area contributed by atoms with E-state index in [0.717, 1.165) is 58.5 Å². The zero-order chi connectivity index (χ0) is 20.0. The van der Waals surface area contributed by atoms with Crippen molar-refractivity contribution in [3.05, 3.63) is 63.9 Å². The van der Waals surface area contributed by atoms with E-state index >= 15 is 0 Å². The highest BCUT2D eigenvalue weighted by Crippen LogP contribution is 2.36. The maximum absolute atomic E-state index is 13.3. The summed E-state index contributed by atoms with van der Waals surface area (Å²) in [6, 6.07) is 10.5. The van der Waals surface area contributed by atoms with Crippen LogP contribution in [-0.4, -0.2) is 18.7 Å². The van der Waals surface area contributed by atoms with Crippen LogP contribution in [0.15, 0.2) is 47.5 Å². The molecule has 29 heavy (non-hydrogen) atoms. The molecule has 0 aliphatic heterocycles. The van der Waals surface area contributed by atoms with Crippen molar-refractivity contribution in [2.75, 3.05) is 0 Å². The number of aryl methyl sites for hydroxylation is 1.